The van der Waals surface area contributed by atoms with Crippen LogP contribution >= 0.6 is 23.2 Å². The lowest BCUT2D eigenvalue weighted by Gasteiger charge is -2.19. The fraction of sp³-hybridized carbons (Fsp3) is 0.333. The fourth-order valence-corrected chi connectivity index (χ4v) is 6.92. The number of aromatic nitrogens is 4. The molecule has 2 atom stereocenters. The van der Waals surface area contributed by atoms with Gasteiger partial charge in [-0.05, 0) is 32.5 Å². The van der Waals surface area contributed by atoms with Crippen molar-refractivity contribution >= 4 is 34.6 Å². The van der Waals surface area contributed by atoms with Crippen molar-refractivity contribution in [3.63, 3.8) is 0 Å². The normalized spacial score (nSPS) is 15.3. The Balaban J connectivity index is 1.28. The summed E-state index contributed by atoms with van der Waals surface area (Å²) in [5.74, 6) is 1.15. The van der Waals surface area contributed by atoms with Gasteiger partial charge in [0.15, 0.2) is 0 Å². The molecule has 2 unspecified atom stereocenters. The first-order valence-electron chi connectivity index (χ1n) is 16.1. The van der Waals surface area contributed by atoms with Crippen molar-refractivity contribution in [1.29, 1.82) is 0 Å². The molecule has 3 N–H and O–H groups in total. The van der Waals surface area contributed by atoms with Crippen LogP contribution in [0.5, 0.6) is 5.88 Å². The molecule has 1 aliphatic rings. The zero-order valence-electron chi connectivity index (χ0n) is 27.8. The summed E-state index contributed by atoms with van der Waals surface area (Å²) in [5, 5.41) is 21.8. The average Bonchev–Trinajstić information content (AvgIpc) is 3.69. The highest BCUT2D eigenvalue weighted by molar-refractivity contribution is 6.39. The third kappa shape index (κ3) is 7.36. The Hall–Kier alpha value is -4.26. The first-order valence-corrected chi connectivity index (χ1v) is 16.9. The molecule has 11 nitrogen and oxygen atoms in total. The van der Waals surface area contributed by atoms with E-state index in [0.717, 1.165) is 39.8 Å². The summed E-state index contributed by atoms with van der Waals surface area (Å²) in [5.41, 5.74) is 5.44. The van der Waals surface area contributed by atoms with Crippen molar-refractivity contribution in [3.8, 4) is 39.4 Å². The van der Waals surface area contributed by atoms with Gasteiger partial charge in [-0.3, -0.25) is 19.1 Å². The third-order valence-corrected chi connectivity index (χ3v) is 9.53. The Morgan fingerprint density at radius 1 is 1.08 bits per heavy atom. The molecule has 2 aromatic carbocycles. The molecule has 1 saturated heterocycles. The molecule has 0 bridgehead atoms. The van der Waals surface area contributed by atoms with E-state index in [-0.39, 0.29) is 17.5 Å². The number of carbonyl (C=O) groups excluding carboxylic acids is 1. The number of carbonyl (C=O) groups is 1. The van der Waals surface area contributed by atoms with Gasteiger partial charge in [0.25, 0.3) is 5.56 Å². The predicted molar refractivity (Wildman–Crippen MR) is 192 cm³/mol. The number of hydrogen-bond donors (Lipinski definition) is 3. The van der Waals surface area contributed by atoms with Crippen LogP contribution in [-0.4, -0.2) is 74.5 Å². The van der Waals surface area contributed by atoms with Gasteiger partial charge in [0, 0.05) is 78.7 Å². The molecule has 49 heavy (non-hydrogen) atoms. The van der Waals surface area contributed by atoms with Crippen molar-refractivity contribution < 1.29 is 14.6 Å². The van der Waals surface area contributed by atoms with E-state index in [2.05, 4.69) is 10.6 Å². The van der Waals surface area contributed by atoms with Crippen LogP contribution in [-0.2, 0) is 24.9 Å². The molecular weight excluding hydrogens is 665 g/mol. The molecule has 13 heteroatoms. The molecule has 1 amide bonds. The van der Waals surface area contributed by atoms with Crippen LogP contribution in [0.15, 0.2) is 65.6 Å². The molecular formula is C36H39Cl2N7O4. The Bertz CT molecular complexity index is 2080. The van der Waals surface area contributed by atoms with E-state index in [4.69, 9.17) is 38.0 Å². The third-order valence-electron chi connectivity index (χ3n) is 8.72. The van der Waals surface area contributed by atoms with Crippen LogP contribution in [0, 0.1) is 0 Å². The lowest BCUT2D eigenvalue weighted by atomic mass is 9.97. The number of nitrogens with zero attached hydrogens (tertiary/aromatic N) is 5. The van der Waals surface area contributed by atoms with Crippen molar-refractivity contribution in [2.75, 3.05) is 27.2 Å². The van der Waals surface area contributed by atoms with Gasteiger partial charge in [-0.15, -0.1) is 0 Å². The molecule has 1 aliphatic heterocycles. The Kier molecular flexibility index (Phi) is 10.4. The van der Waals surface area contributed by atoms with E-state index in [1.54, 1.807) is 37.9 Å². The molecule has 256 valence electrons. The quantitative estimate of drug-likeness (QED) is 0.167. The Morgan fingerprint density at radius 3 is 2.45 bits per heavy atom. The second kappa shape index (κ2) is 14.7. The second-order valence-corrected chi connectivity index (χ2v) is 13.3. The highest BCUT2D eigenvalue weighted by Gasteiger charge is 2.21. The number of nitrogens with one attached hydrogen (secondary N) is 2. The minimum absolute atomic E-state index is 0.0914. The SMILES string of the molecule is COc1nc(-c2cccc(-c3cccc(-c4cc5c(=O)n(C)c(CN(C)CC(C)O)nn5c4)c3Cl)c2Cl)ccc1CNCC1CCC(=O)N1. The number of pyridine rings is 1. The number of aliphatic hydroxyl groups is 1. The summed E-state index contributed by atoms with van der Waals surface area (Å²) in [6.45, 7) is 3.77. The number of ether oxygens (including phenoxy) is 1. The Morgan fingerprint density at radius 2 is 1.78 bits per heavy atom. The lowest BCUT2D eigenvalue weighted by molar-refractivity contribution is -0.119. The number of hydrogen-bond acceptors (Lipinski definition) is 8. The molecule has 3 aromatic heterocycles. The van der Waals surface area contributed by atoms with Gasteiger partial charge in [-0.25, -0.2) is 9.50 Å². The second-order valence-electron chi connectivity index (χ2n) is 12.5. The van der Waals surface area contributed by atoms with Crippen LogP contribution < -0.4 is 20.9 Å². The molecule has 0 saturated carbocycles. The molecule has 4 heterocycles. The van der Waals surface area contributed by atoms with E-state index < -0.39 is 6.10 Å². The Labute approximate surface area is 294 Å². The van der Waals surface area contributed by atoms with Gasteiger partial charge < -0.3 is 20.5 Å². The summed E-state index contributed by atoms with van der Waals surface area (Å²) in [6.07, 6.45) is 2.69. The van der Waals surface area contributed by atoms with Crippen LogP contribution in [0.2, 0.25) is 10.0 Å². The first kappa shape index (κ1) is 34.6. The van der Waals surface area contributed by atoms with Crippen LogP contribution in [0.1, 0.15) is 31.2 Å². The maximum Gasteiger partial charge on any atom is 0.277 e. The summed E-state index contributed by atoms with van der Waals surface area (Å²) in [4.78, 5) is 31.5. The number of benzene rings is 2. The maximum absolute atomic E-state index is 13.3. The molecule has 0 aliphatic carbocycles. The summed E-state index contributed by atoms with van der Waals surface area (Å²) < 4.78 is 8.76. The zero-order chi connectivity index (χ0) is 34.8. The number of halogens is 2. The van der Waals surface area contributed by atoms with Crippen LogP contribution in [0.4, 0.5) is 0 Å². The number of amides is 1. The molecule has 5 aromatic rings. The summed E-state index contributed by atoms with van der Waals surface area (Å²) in [6, 6.07) is 17.3. The maximum atomic E-state index is 13.3. The molecule has 6 rings (SSSR count). The lowest BCUT2D eigenvalue weighted by Crippen LogP contribution is -2.35. The molecule has 0 spiro atoms. The van der Waals surface area contributed by atoms with Crippen molar-refractivity contribution in [1.82, 2.24) is 34.7 Å². The van der Waals surface area contributed by atoms with Crippen molar-refractivity contribution in [3.05, 3.63) is 92.6 Å². The van der Waals surface area contributed by atoms with Gasteiger partial charge in [0.05, 0.1) is 35.5 Å². The summed E-state index contributed by atoms with van der Waals surface area (Å²) >= 11 is 14.2. The van der Waals surface area contributed by atoms with E-state index in [1.165, 1.54) is 4.57 Å². The number of rotatable bonds is 12. The summed E-state index contributed by atoms with van der Waals surface area (Å²) in [7, 11) is 5.16. The van der Waals surface area contributed by atoms with Gasteiger partial charge >= 0.3 is 0 Å². The number of aliphatic hydroxyl groups excluding tert-OH is 1. The van der Waals surface area contributed by atoms with E-state index in [0.29, 0.717) is 65.6 Å². The van der Waals surface area contributed by atoms with Crippen LogP contribution in [0.3, 0.4) is 0 Å². The van der Waals surface area contributed by atoms with Gasteiger partial charge in [-0.1, -0.05) is 65.7 Å². The number of fused-ring (bicyclic) bond motifs is 1. The van der Waals surface area contributed by atoms with Crippen molar-refractivity contribution in [2.24, 2.45) is 7.05 Å². The highest BCUT2D eigenvalue weighted by atomic mass is 35.5. The minimum Gasteiger partial charge on any atom is -0.481 e. The number of likely N-dealkylation sites (N-methyl/N-ethyl adjacent to an activating group) is 1. The number of methoxy groups -OCH3 is 1. The fourth-order valence-electron chi connectivity index (χ4n) is 6.26. The van der Waals surface area contributed by atoms with Crippen molar-refractivity contribution in [2.45, 2.75) is 45.0 Å². The topological polar surface area (TPSA) is 126 Å². The first-order chi connectivity index (χ1) is 23.5. The van der Waals surface area contributed by atoms with Gasteiger partial charge in [-0.2, -0.15) is 5.10 Å². The van der Waals surface area contributed by atoms with E-state index in [1.807, 2.05) is 60.5 Å². The van der Waals surface area contributed by atoms with E-state index >= 15 is 0 Å². The monoisotopic (exact) mass is 703 g/mol. The standard InChI is InChI=1S/C36H39Cl2N7O4/c1-21(46)18-43(2)20-31-42-45-19-23(15-30(45)36(48)44(31)3)25-7-5-8-26(33(25)37)27-9-6-10-28(34(27)38)29-13-11-22(35(41-29)49-4)16-39-17-24-12-14-32(47)40-24/h5-11,13,15,19,21,24,39,46H,12,14,16-18,20H2,1-4H3,(H,40,47). The van der Waals surface area contributed by atoms with Gasteiger partial charge in [0.1, 0.15) is 11.3 Å². The van der Waals surface area contributed by atoms with Crippen LogP contribution in [0.25, 0.3) is 39.0 Å². The van der Waals surface area contributed by atoms with E-state index in [9.17, 15) is 14.7 Å². The molecule has 0 radical (unpaired) electrons. The average molecular weight is 705 g/mol. The zero-order valence-corrected chi connectivity index (χ0v) is 29.3. The minimum atomic E-state index is -0.501. The van der Waals surface area contributed by atoms with Gasteiger partial charge in [0.2, 0.25) is 11.8 Å². The smallest absolute Gasteiger partial charge is 0.277 e. The predicted octanol–water partition coefficient (Wildman–Crippen LogP) is 4.93. The highest BCUT2D eigenvalue weighted by Crippen LogP contribution is 2.42. The largest absolute Gasteiger partial charge is 0.481 e. The molecule has 1 fully saturated rings.